The van der Waals surface area contributed by atoms with Crippen LogP contribution in [0.15, 0.2) is 12.2 Å². The molecule has 0 radical (unpaired) electrons. The number of rotatable bonds is 1. The molecule has 2 nitrogen and oxygen atoms in total. The Balaban J connectivity index is 1.68. The molecule has 3 aliphatic carbocycles. The molecule has 0 aromatic heterocycles. The van der Waals surface area contributed by atoms with Crippen LogP contribution in [0.1, 0.15) is 40.0 Å². The molecule has 0 spiro atoms. The number of esters is 1. The number of ether oxygens (including phenoxy) is 1. The Morgan fingerprint density at radius 3 is 2.71 bits per heavy atom. The summed E-state index contributed by atoms with van der Waals surface area (Å²) in [5, 5.41) is 0. The number of fused-ring (bicyclic) bond motifs is 5. The lowest BCUT2D eigenvalue weighted by atomic mass is 9.80. The van der Waals surface area contributed by atoms with Gasteiger partial charge in [0.2, 0.25) is 0 Å². The van der Waals surface area contributed by atoms with Crippen molar-refractivity contribution in [2.75, 3.05) is 0 Å². The van der Waals surface area contributed by atoms with Gasteiger partial charge >= 0.3 is 5.97 Å². The van der Waals surface area contributed by atoms with Crippen molar-refractivity contribution in [3.63, 3.8) is 0 Å². The van der Waals surface area contributed by atoms with Gasteiger partial charge in [0.25, 0.3) is 0 Å². The summed E-state index contributed by atoms with van der Waals surface area (Å²) in [6.07, 6.45) is 8.52. The molecule has 0 aliphatic heterocycles. The first kappa shape index (κ1) is 11.3. The van der Waals surface area contributed by atoms with Crippen LogP contribution >= 0.6 is 0 Å². The van der Waals surface area contributed by atoms with Gasteiger partial charge in [-0.2, -0.15) is 0 Å². The monoisotopic (exact) mass is 234 g/mol. The molecule has 0 amide bonds. The van der Waals surface area contributed by atoms with Crippen LogP contribution in [0.3, 0.4) is 0 Å². The molecular weight excluding hydrogens is 212 g/mol. The van der Waals surface area contributed by atoms with Crippen molar-refractivity contribution in [1.29, 1.82) is 0 Å². The van der Waals surface area contributed by atoms with Crippen molar-refractivity contribution in [3.05, 3.63) is 12.2 Å². The van der Waals surface area contributed by atoms with E-state index < -0.39 is 0 Å². The number of carbonyl (C=O) groups is 1. The van der Waals surface area contributed by atoms with Crippen molar-refractivity contribution < 1.29 is 9.53 Å². The fraction of sp³-hybridized carbons (Fsp3) is 0.800. The lowest BCUT2D eigenvalue weighted by molar-refractivity contribution is -0.162. The van der Waals surface area contributed by atoms with Gasteiger partial charge in [0.1, 0.15) is 6.10 Å². The van der Waals surface area contributed by atoms with Crippen molar-refractivity contribution in [3.8, 4) is 0 Å². The highest BCUT2D eigenvalue weighted by molar-refractivity contribution is 5.75. The molecule has 17 heavy (non-hydrogen) atoms. The summed E-state index contributed by atoms with van der Waals surface area (Å²) in [6, 6.07) is 0. The number of allylic oxidation sites excluding steroid dienone is 2. The first-order valence-corrected chi connectivity index (χ1v) is 6.84. The molecule has 2 saturated carbocycles. The fourth-order valence-corrected chi connectivity index (χ4v) is 3.93. The molecule has 2 heteroatoms. The van der Waals surface area contributed by atoms with Crippen LogP contribution in [0.4, 0.5) is 0 Å². The molecule has 3 unspecified atom stereocenters. The Morgan fingerprint density at radius 1 is 1.24 bits per heavy atom. The summed E-state index contributed by atoms with van der Waals surface area (Å²) >= 11 is 0. The molecule has 2 bridgehead atoms. The predicted octanol–water partition coefficient (Wildman–Crippen LogP) is 3.18. The van der Waals surface area contributed by atoms with E-state index in [-0.39, 0.29) is 17.5 Å². The van der Waals surface area contributed by atoms with E-state index in [1.807, 2.05) is 20.8 Å². The van der Waals surface area contributed by atoms with E-state index in [1.54, 1.807) is 0 Å². The van der Waals surface area contributed by atoms with Gasteiger partial charge in [-0.25, -0.2) is 0 Å². The molecule has 0 N–H and O–H groups in total. The molecule has 0 aromatic rings. The van der Waals surface area contributed by atoms with E-state index in [0.717, 1.165) is 18.3 Å². The SMILES string of the molecule is CC(C)(C)C(=O)OC1C[C@H]2C[C@@H]1C1C=CCC12. The third-order valence-corrected chi connectivity index (χ3v) is 4.82. The molecule has 2 fully saturated rings. The van der Waals surface area contributed by atoms with Crippen LogP contribution < -0.4 is 0 Å². The van der Waals surface area contributed by atoms with Crippen molar-refractivity contribution in [2.24, 2.45) is 29.1 Å². The Labute approximate surface area is 103 Å². The van der Waals surface area contributed by atoms with Crippen LogP contribution in [0, 0.1) is 29.1 Å². The first-order valence-electron chi connectivity index (χ1n) is 6.84. The Hall–Kier alpha value is -0.790. The second kappa shape index (κ2) is 3.60. The molecule has 5 atom stereocenters. The van der Waals surface area contributed by atoms with Gasteiger partial charge in [-0.1, -0.05) is 12.2 Å². The number of hydrogen-bond donors (Lipinski definition) is 0. The maximum absolute atomic E-state index is 11.9. The Morgan fingerprint density at radius 2 is 2.00 bits per heavy atom. The van der Waals surface area contributed by atoms with Gasteiger partial charge in [0.15, 0.2) is 0 Å². The summed E-state index contributed by atoms with van der Waals surface area (Å²) in [5.41, 5.74) is -0.368. The van der Waals surface area contributed by atoms with Crippen LogP contribution in [-0.2, 0) is 9.53 Å². The third kappa shape index (κ3) is 1.73. The minimum Gasteiger partial charge on any atom is -0.462 e. The normalized spacial score (nSPS) is 42.9. The highest BCUT2D eigenvalue weighted by Gasteiger charge is 2.54. The highest BCUT2D eigenvalue weighted by atomic mass is 16.5. The largest absolute Gasteiger partial charge is 0.462 e. The van der Waals surface area contributed by atoms with Gasteiger partial charge < -0.3 is 4.74 Å². The molecule has 94 valence electrons. The summed E-state index contributed by atoms with van der Waals surface area (Å²) in [5.74, 6) is 2.94. The topological polar surface area (TPSA) is 26.3 Å². The average molecular weight is 234 g/mol. The van der Waals surface area contributed by atoms with E-state index in [1.165, 1.54) is 12.8 Å². The maximum Gasteiger partial charge on any atom is 0.311 e. The van der Waals surface area contributed by atoms with Gasteiger partial charge in [-0.05, 0) is 57.8 Å². The summed E-state index contributed by atoms with van der Waals surface area (Å²) in [7, 11) is 0. The quantitative estimate of drug-likeness (QED) is 0.514. The highest BCUT2D eigenvalue weighted by Crippen LogP contribution is 2.57. The molecule has 0 heterocycles. The zero-order valence-corrected chi connectivity index (χ0v) is 11.0. The fourth-order valence-electron chi connectivity index (χ4n) is 3.93. The number of carbonyl (C=O) groups excluding carboxylic acids is 1. The average Bonchev–Trinajstić information content (AvgIpc) is 2.85. The van der Waals surface area contributed by atoms with E-state index in [2.05, 4.69) is 12.2 Å². The van der Waals surface area contributed by atoms with Crippen molar-refractivity contribution in [1.82, 2.24) is 0 Å². The minimum atomic E-state index is -0.368. The van der Waals surface area contributed by atoms with E-state index in [4.69, 9.17) is 4.74 Å². The van der Waals surface area contributed by atoms with Crippen molar-refractivity contribution >= 4 is 5.97 Å². The second-order valence-electron chi connectivity index (χ2n) is 6.99. The molecule has 0 saturated heterocycles. The van der Waals surface area contributed by atoms with Crippen LogP contribution in [0.25, 0.3) is 0 Å². The van der Waals surface area contributed by atoms with Crippen LogP contribution in [0.5, 0.6) is 0 Å². The lowest BCUT2D eigenvalue weighted by Gasteiger charge is -2.32. The van der Waals surface area contributed by atoms with E-state index in [0.29, 0.717) is 11.8 Å². The zero-order valence-electron chi connectivity index (χ0n) is 11.0. The maximum atomic E-state index is 11.9. The Bertz CT molecular complexity index is 364. The standard InChI is InChI=1S/C15H22O2/c1-15(2,3)14(16)17-13-8-9-7-12(13)11-6-4-5-10(9)11/h4,6,9-13H,5,7-8H2,1-3H3/t9-,10?,11?,12-,13?/m1/s1. The van der Waals surface area contributed by atoms with Gasteiger partial charge in [0.05, 0.1) is 5.41 Å². The van der Waals surface area contributed by atoms with Crippen molar-refractivity contribution in [2.45, 2.75) is 46.1 Å². The van der Waals surface area contributed by atoms with Crippen LogP contribution in [0.2, 0.25) is 0 Å². The molecule has 3 aliphatic rings. The summed E-state index contributed by atoms with van der Waals surface area (Å²) < 4.78 is 5.75. The van der Waals surface area contributed by atoms with Gasteiger partial charge in [0, 0.05) is 5.92 Å². The Kier molecular flexibility index (Phi) is 2.39. The van der Waals surface area contributed by atoms with Crippen LogP contribution in [-0.4, -0.2) is 12.1 Å². The third-order valence-electron chi connectivity index (χ3n) is 4.82. The zero-order chi connectivity index (χ0) is 12.2. The smallest absolute Gasteiger partial charge is 0.311 e. The van der Waals surface area contributed by atoms with E-state index in [9.17, 15) is 4.79 Å². The first-order chi connectivity index (χ1) is 7.97. The number of hydrogen-bond acceptors (Lipinski definition) is 2. The van der Waals surface area contributed by atoms with Gasteiger partial charge in [-0.15, -0.1) is 0 Å². The molecule has 3 rings (SSSR count). The minimum absolute atomic E-state index is 0.0337. The lowest BCUT2D eigenvalue weighted by Crippen LogP contribution is -2.35. The van der Waals surface area contributed by atoms with E-state index >= 15 is 0 Å². The predicted molar refractivity (Wildman–Crippen MR) is 66.3 cm³/mol. The van der Waals surface area contributed by atoms with Gasteiger partial charge in [-0.3, -0.25) is 4.79 Å². The summed E-state index contributed by atoms with van der Waals surface area (Å²) in [4.78, 5) is 11.9. The second-order valence-corrected chi connectivity index (χ2v) is 6.99. The summed E-state index contributed by atoms with van der Waals surface area (Å²) in [6.45, 7) is 5.79. The molecular formula is C15H22O2. The molecule has 0 aromatic carbocycles.